The van der Waals surface area contributed by atoms with Crippen LogP contribution in [0.3, 0.4) is 0 Å². The summed E-state index contributed by atoms with van der Waals surface area (Å²) in [6.45, 7) is 3.90. The molecule has 0 spiro atoms. The number of thioether (sulfide) groups is 1. The summed E-state index contributed by atoms with van der Waals surface area (Å²) >= 11 is 1.46. The van der Waals surface area contributed by atoms with Gasteiger partial charge >= 0.3 is 0 Å². The van der Waals surface area contributed by atoms with Crippen molar-refractivity contribution in [2.75, 3.05) is 0 Å². The molecule has 0 fully saturated rings. The molecule has 0 aliphatic rings. The van der Waals surface area contributed by atoms with Crippen LogP contribution in [0.25, 0.3) is 11.5 Å². The smallest absolute Gasteiger partial charge is 0.247 e. The highest BCUT2D eigenvalue weighted by atomic mass is 32.2. The number of nitrogens with one attached hydrogen (secondary N) is 1. The Morgan fingerprint density at radius 2 is 1.95 bits per heavy atom. The lowest BCUT2D eigenvalue weighted by atomic mass is 10.1. The van der Waals surface area contributed by atoms with Crippen LogP contribution >= 0.6 is 11.8 Å². The minimum Gasteiger partial charge on any atom is -0.420 e. The number of nitrogens with zero attached hydrogens (tertiary/aromatic N) is 4. The van der Waals surface area contributed by atoms with Crippen LogP contribution in [0.2, 0.25) is 0 Å². The molecule has 3 aromatic rings. The summed E-state index contributed by atoms with van der Waals surface area (Å²) < 4.78 is 5.63. The number of aromatic nitrogens is 5. The molecule has 0 atom stereocenters. The van der Waals surface area contributed by atoms with Gasteiger partial charge in [-0.2, -0.15) is 0 Å². The number of hydrogen-bond donors (Lipinski definition) is 1. The Hall–Kier alpha value is -2.15. The van der Waals surface area contributed by atoms with Crippen LogP contribution in [-0.4, -0.2) is 25.4 Å². The lowest BCUT2D eigenvalue weighted by Gasteiger charge is -1.95. The summed E-state index contributed by atoms with van der Waals surface area (Å²) in [5.74, 6) is 2.44. The minimum absolute atomic E-state index is 0.534. The van der Waals surface area contributed by atoms with Crippen LogP contribution in [-0.2, 0) is 5.75 Å². The first kappa shape index (κ1) is 12.9. The Kier molecular flexibility index (Phi) is 3.51. The number of H-pyrrole nitrogens is 1. The molecule has 0 saturated carbocycles. The maximum Gasteiger partial charge on any atom is 0.247 e. The topological polar surface area (TPSA) is 80.5 Å². The molecule has 7 heteroatoms. The minimum atomic E-state index is 0.534. The fourth-order valence-corrected chi connectivity index (χ4v) is 2.32. The van der Waals surface area contributed by atoms with Gasteiger partial charge in [0.1, 0.15) is 5.82 Å². The van der Waals surface area contributed by atoms with Crippen LogP contribution in [0.5, 0.6) is 0 Å². The van der Waals surface area contributed by atoms with Crippen molar-refractivity contribution >= 4 is 11.8 Å². The van der Waals surface area contributed by atoms with E-state index < -0.39 is 0 Å². The van der Waals surface area contributed by atoms with Crippen molar-refractivity contribution in [3.8, 4) is 11.5 Å². The lowest BCUT2D eigenvalue weighted by molar-refractivity contribution is 0.528. The van der Waals surface area contributed by atoms with Crippen LogP contribution in [0, 0.1) is 13.8 Å². The molecule has 0 aliphatic heterocycles. The molecule has 3 rings (SSSR count). The molecule has 102 valence electrons. The summed E-state index contributed by atoms with van der Waals surface area (Å²) in [6.07, 6.45) is 0. The van der Waals surface area contributed by atoms with E-state index in [4.69, 9.17) is 4.42 Å². The Morgan fingerprint density at radius 1 is 1.15 bits per heavy atom. The zero-order valence-corrected chi connectivity index (χ0v) is 11.9. The molecule has 0 bridgehead atoms. The van der Waals surface area contributed by atoms with Gasteiger partial charge in [-0.05, 0) is 26.0 Å². The normalized spacial score (nSPS) is 10.9. The van der Waals surface area contributed by atoms with E-state index >= 15 is 0 Å². The van der Waals surface area contributed by atoms with Gasteiger partial charge < -0.3 is 4.42 Å². The quantitative estimate of drug-likeness (QED) is 0.743. The van der Waals surface area contributed by atoms with Gasteiger partial charge in [-0.3, -0.25) is 5.10 Å². The Bertz CT molecular complexity index is 704. The van der Waals surface area contributed by atoms with Crippen LogP contribution in [0.4, 0.5) is 0 Å². The molecule has 1 N–H and O–H groups in total. The first-order valence-electron chi connectivity index (χ1n) is 6.12. The van der Waals surface area contributed by atoms with E-state index in [2.05, 4.69) is 25.4 Å². The summed E-state index contributed by atoms with van der Waals surface area (Å²) in [7, 11) is 0. The molecular weight excluding hydrogens is 274 g/mol. The van der Waals surface area contributed by atoms with Gasteiger partial charge in [-0.25, -0.2) is 4.98 Å². The molecule has 0 saturated heterocycles. The van der Waals surface area contributed by atoms with Gasteiger partial charge in [0.2, 0.25) is 16.9 Å². The molecule has 2 heterocycles. The zero-order chi connectivity index (χ0) is 13.9. The van der Waals surface area contributed by atoms with Crippen molar-refractivity contribution in [1.82, 2.24) is 25.4 Å². The van der Waals surface area contributed by atoms with Gasteiger partial charge in [0.05, 0.1) is 5.75 Å². The summed E-state index contributed by atoms with van der Waals surface area (Å²) in [5, 5.41) is 15.6. The molecule has 0 aliphatic carbocycles. The second-order valence-electron chi connectivity index (χ2n) is 4.36. The highest BCUT2D eigenvalue weighted by Crippen LogP contribution is 2.22. The third-order valence-corrected chi connectivity index (χ3v) is 3.50. The number of aromatic amines is 1. The van der Waals surface area contributed by atoms with E-state index in [0.717, 1.165) is 11.4 Å². The highest BCUT2D eigenvalue weighted by molar-refractivity contribution is 7.98. The SMILES string of the molecule is Cc1ccc(-c2nnc(CSc3n[nH]c(C)n3)o2)cc1. The third-order valence-electron chi connectivity index (χ3n) is 2.67. The van der Waals surface area contributed by atoms with E-state index in [9.17, 15) is 0 Å². The number of benzene rings is 1. The fourth-order valence-electron chi connectivity index (χ4n) is 1.64. The summed E-state index contributed by atoms with van der Waals surface area (Å²) in [5.41, 5.74) is 2.12. The summed E-state index contributed by atoms with van der Waals surface area (Å²) in [4.78, 5) is 4.21. The van der Waals surface area contributed by atoms with Gasteiger partial charge in [0.15, 0.2) is 0 Å². The van der Waals surface area contributed by atoms with E-state index in [1.165, 1.54) is 17.3 Å². The van der Waals surface area contributed by atoms with Gasteiger partial charge in [0.25, 0.3) is 0 Å². The second kappa shape index (κ2) is 5.46. The number of aryl methyl sites for hydroxylation is 2. The maximum atomic E-state index is 5.63. The largest absolute Gasteiger partial charge is 0.420 e. The van der Waals surface area contributed by atoms with Crippen LogP contribution < -0.4 is 0 Å². The standard InChI is InChI=1S/C13H13N5OS/c1-8-3-5-10(6-4-8)12-17-16-11(19-12)7-20-13-14-9(2)15-18-13/h3-6H,7H2,1-2H3,(H,14,15,18). The maximum absolute atomic E-state index is 5.63. The van der Waals surface area contributed by atoms with E-state index in [1.807, 2.05) is 38.1 Å². The third kappa shape index (κ3) is 2.88. The second-order valence-corrected chi connectivity index (χ2v) is 5.30. The van der Waals surface area contributed by atoms with E-state index in [0.29, 0.717) is 22.7 Å². The van der Waals surface area contributed by atoms with Crippen molar-refractivity contribution in [3.63, 3.8) is 0 Å². The summed E-state index contributed by atoms with van der Waals surface area (Å²) in [6, 6.07) is 7.98. The van der Waals surface area contributed by atoms with Crippen molar-refractivity contribution < 1.29 is 4.42 Å². The monoisotopic (exact) mass is 287 g/mol. The number of rotatable bonds is 4. The average Bonchev–Trinajstić information content (AvgIpc) is 3.06. The van der Waals surface area contributed by atoms with Gasteiger partial charge in [-0.15, -0.1) is 15.3 Å². The molecule has 0 radical (unpaired) electrons. The van der Waals surface area contributed by atoms with Crippen molar-refractivity contribution in [2.45, 2.75) is 24.8 Å². The van der Waals surface area contributed by atoms with Crippen molar-refractivity contribution in [3.05, 3.63) is 41.5 Å². The van der Waals surface area contributed by atoms with Crippen LogP contribution in [0.1, 0.15) is 17.3 Å². The number of hydrogen-bond acceptors (Lipinski definition) is 6. The Labute approximate surface area is 120 Å². The van der Waals surface area contributed by atoms with Gasteiger partial charge in [-0.1, -0.05) is 29.5 Å². The molecule has 1 aromatic carbocycles. The predicted molar refractivity (Wildman–Crippen MR) is 75.2 cm³/mol. The Balaban J connectivity index is 1.69. The average molecular weight is 287 g/mol. The lowest BCUT2D eigenvalue weighted by Crippen LogP contribution is -1.82. The Morgan fingerprint density at radius 3 is 2.65 bits per heavy atom. The molecule has 0 amide bonds. The van der Waals surface area contributed by atoms with E-state index in [1.54, 1.807) is 0 Å². The highest BCUT2D eigenvalue weighted by Gasteiger charge is 2.10. The molecule has 20 heavy (non-hydrogen) atoms. The fraction of sp³-hybridized carbons (Fsp3) is 0.231. The van der Waals surface area contributed by atoms with Crippen molar-refractivity contribution in [1.29, 1.82) is 0 Å². The first-order valence-corrected chi connectivity index (χ1v) is 7.10. The molecule has 2 aromatic heterocycles. The predicted octanol–water partition coefficient (Wildman–Crippen LogP) is 2.76. The molecule has 0 unspecified atom stereocenters. The van der Waals surface area contributed by atoms with Gasteiger partial charge in [0, 0.05) is 5.56 Å². The molecular formula is C13H13N5OS. The van der Waals surface area contributed by atoms with Crippen molar-refractivity contribution in [2.24, 2.45) is 0 Å². The van der Waals surface area contributed by atoms with Crippen LogP contribution in [0.15, 0.2) is 33.8 Å². The zero-order valence-electron chi connectivity index (χ0n) is 11.1. The van der Waals surface area contributed by atoms with E-state index in [-0.39, 0.29) is 0 Å². The first-order chi connectivity index (χ1) is 9.70. The molecule has 6 nitrogen and oxygen atoms in total.